The molecule has 1 aromatic heterocycles. The minimum Gasteiger partial charge on any atom is -0.493 e. The van der Waals surface area contributed by atoms with E-state index in [9.17, 15) is 9.59 Å². The van der Waals surface area contributed by atoms with Crippen LogP contribution in [0.15, 0.2) is 66.7 Å². The Morgan fingerprint density at radius 3 is 2.39 bits per heavy atom. The van der Waals surface area contributed by atoms with E-state index in [0.29, 0.717) is 39.3 Å². The summed E-state index contributed by atoms with van der Waals surface area (Å²) < 4.78 is 24.2. The largest absolute Gasteiger partial charge is 0.493 e. The highest BCUT2D eigenvalue weighted by Gasteiger charge is 2.45. The second-order valence-corrected chi connectivity index (χ2v) is 17.0. The van der Waals surface area contributed by atoms with Gasteiger partial charge in [-0.1, -0.05) is 67.9 Å². The van der Waals surface area contributed by atoms with Gasteiger partial charge in [-0.15, -0.1) is 0 Å². The van der Waals surface area contributed by atoms with Crippen molar-refractivity contribution in [1.29, 1.82) is 0 Å². The van der Waals surface area contributed by atoms with Gasteiger partial charge in [0.1, 0.15) is 30.4 Å². The Morgan fingerprint density at radius 1 is 0.877 bits per heavy atom. The van der Waals surface area contributed by atoms with Crippen molar-refractivity contribution in [2.24, 2.45) is 0 Å². The summed E-state index contributed by atoms with van der Waals surface area (Å²) in [6.45, 7) is 16.7. The average Bonchev–Trinajstić information content (AvgIpc) is 3.51. The van der Waals surface area contributed by atoms with E-state index in [-0.39, 0.29) is 43.0 Å². The Balaban J connectivity index is 1.14. The fourth-order valence-corrected chi connectivity index (χ4v) is 8.07. The summed E-state index contributed by atoms with van der Waals surface area (Å²) in [5.74, 6) is 1.70. The smallest absolute Gasteiger partial charge is 0.411 e. The number of carbonyl (C=O) groups excluding carboxylic acids is 2. The number of hydrogen-bond acceptors (Lipinski definition) is 10. The van der Waals surface area contributed by atoms with Crippen molar-refractivity contribution in [3.8, 4) is 11.8 Å². The van der Waals surface area contributed by atoms with E-state index in [0.717, 1.165) is 83.5 Å². The van der Waals surface area contributed by atoms with E-state index in [4.69, 9.17) is 28.9 Å². The Labute approximate surface area is 337 Å². The van der Waals surface area contributed by atoms with Crippen LogP contribution in [0.1, 0.15) is 84.0 Å². The topological polar surface area (TPSA) is 110 Å². The molecule has 2 amide bonds. The lowest BCUT2D eigenvalue weighted by atomic mass is 10.0. The van der Waals surface area contributed by atoms with Crippen molar-refractivity contribution in [3.63, 3.8) is 0 Å². The summed E-state index contributed by atoms with van der Waals surface area (Å²) in [5.41, 5.74) is 3.07. The summed E-state index contributed by atoms with van der Waals surface area (Å²) in [7, 11) is 0. The molecule has 0 unspecified atom stereocenters. The summed E-state index contributed by atoms with van der Waals surface area (Å²) in [6.07, 6.45) is 3.77. The van der Waals surface area contributed by atoms with Crippen molar-refractivity contribution < 1.29 is 28.5 Å². The lowest BCUT2D eigenvalue weighted by Crippen LogP contribution is -2.51. The number of anilines is 2. The third kappa shape index (κ3) is 9.48. The standard InChI is InChI=1S/C45H58N6O6/c1-7-8-26-54-35-27-33-16-12-13-17-36(33)39(28-35)50-21-19-37-38(29-50)46-41(55-31-34-18-20-45(5,6)51(34)43(53)57-44(2,3)4)47-40(37)48-22-24-49(25-23-48)42(52)56-30-32-14-10-9-11-15-32/h9-17,27-28,34H,7-8,18-26,29-31H2,1-6H3/t34-/m1/s1. The molecule has 12 heteroatoms. The van der Waals surface area contributed by atoms with E-state index >= 15 is 0 Å². The molecule has 1 atom stereocenters. The third-order valence-electron chi connectivity index (χ3n) is 11.1. The quantitative estimate of drug-likeness (QED) is 0.138. The van der Waals surface area contributed by atoms with Crippen molar-refractivity contribution in [2.75, 3.05) is 55.7 Å². The molecule has 2 fully saturated rings. The molecule has 0 spiro atoms. The zero-order chi connectivity index (χ0) is 40.2. The van der Waals surface area contributed by atoms with Crippen LogP contribution in [0, 0.1) is 0 Å². The number of piperazine rings is 1. The molecule has 0 bridgehead atoms. The van der Waals surface area contributed by atoms with Crippen molar-refractivity contribution in [3.05, 3.63) is 83.6 Å². The number of rotatable bonds is 11. The van der Waals surface area contributed by atoms with Crippen LogP contribution in [0.4, 0.5) is 21.1 Å². The van der Waals surface area contributed by atoms with Crippen LogP contribution in [0.25, 0.3) is 10.8 Å². The summed E-state index contributed by atoms with van der Waals surface area (Å²) in [4.78, 5) is 44.9. The number of unbranched alkanes of at least 4 members (excludes halogenated alkanes) is 1. The molecular weight excluding hydrogens is 721 g/mol. The number of benzene rings is 3. The van der Waals surface area contributed by atoms with Gasteiger partial charge in [-0.3, -0.25) is 4.90 Å². The fourth-order valence-electron chi connectivity index (χ4n) is 8.07. The highest BCUT2D eigenvalue weighted by atomic mass is 16.6. The second-order valence-electron chi connectivity index (χ2n) is 17.0. The van der Waals surface area contributed by atoms with Crippen molar-refractivity contribution >= 4 is 34.5 Å². The van der Waals surface area contributed by atoms with Gasteiger partial charge in [0, 0.05) is 61.0 Å². The number of aromatic nitrogens is 2. The number of fused-ring (bicyclic) bond motifs is 2. The molecule has 12 nitrogen and oxygen atoms in total. The first-order chi connectivity index (χ1) is 27.4. The minimum absolute atomic E-state index is 0.193. The van der Waals surface area contributed by atoms with Crippen molar-refractivity contribution in [2.45, 2.75) is 104 Å². The maximum atomic E-state index is 13.5. The van der Waals surface area contributed by atoms with E-state index in [1.807, 2.05) is 56.0 Å². The van der Waals surface area contributed by atoms with Gasteiger partial charge in [-0.2, -0.15) is 9.97 Å². The van der Waals surface area contributed by atoms with Gasteiger partial charge in [-0.05, 0) is 77.3 Å². The van der Waals surface area contributed by atoms with Gasteiger partial charge < -0.3 is 33.6 Å². The first-order valence-corrected chi connectivity index (χ1v) is 20.5. The molecule has 4 aromatic rings. The van der Waals surface area contributed by atoms with Gasteiger partial charge in [-0.25, -0.2) is 9.59 Å². The average molecular weight is 779 g/mol. The Hall–Kier alpha value is -5.26. The molecule has 3 aliphatic rings. The third-order valence-corrected chi connectivity index (χ3v) is 11.1. The molecule has 3 aromatic carbocycles. The molecule has 57 heavy (non-hydrogen) atoms. The van der Waals surface area contributed by atoms with E-state index in [1.54, 1.807) is 4.90 Å². The number of ether oxygens (including phenoxy) is 4. The molecule has 3 aliphatic heterocycles. The number of amides is 2. The van der Waals surface area contributed by atoms with Crippen LogP contribution in [0.5, 0.6) is 11.8 Å². The van der Waals surface area contributed by atoms with Gasteiger partial charge in [0.2, 0.25) is 0 Å². The molecule has 7 rings (SSSR count). The highest BCUT2D eigenvalue weighted by Crippen LogP contribution is 2.38. The van der Waals surface area contributed by atoms with Gasteiger partial charge >= 0.3 is 18.2 Å². The number of nitrogens with zero attached hydrogens (tertiary/aromatic N) is 6. The van der Waals surface area contributed by atoms with Crippen LogP contribution < -0.4 is 19.3 Å². The minimum atomic E-state index is -0.612. The lowest BCUT2D eigenvalue weighted by Gasteiger charge is -2.38. The predicted octanol–water partition coefficient (Wildman–Crippen LogP) is 8.39. The maximum Gasteiger partial charge on any atom is 0.411 e. The molecule has 2 saturated heterocycles. The SMILES string of the molecule is CCCCOc1cc(N2CCc3c(nc(OC[C@H]4CCC(C)(C)N4C(=O)OC(C)(C)C)nc3N3CCN(C(=O)OCc4ccccc4)CC3)C2)c2ccccc2c1. The van der Waals surface area contributed by atoms with E-state index in [1.165, 1.54) is 0 Å². The monoisotopic (exact) mass is 778 g/mol. The number of carbonyl (C=O) groups is 2. The van der Waals surface area contributed by atoms with Crippen LogP contribution in [0.3, 0.4) is 0 Å². The molecule has 0 N–H and O–H groups in total. The first kappa shape index (κ1) is 40.0. The second kappa shape index (κ2) is 17.1. The van der Waals surface area contributed by atoms with Crippen molar-refractivity contribution in [1.82, 2.24) is 19.8 Å². The summed E-state index contributed by atoms with van der Waals surface area (Å²) >= 11 is 0. The molecule has 0 radical (unpaired) electrons. The van der Waals surface area contributed by atoms with Crippen LogP contribution >= 0.6 is 0 Å². The highest BCUT2D eigenvalue weighted by molar-refractivity contribution is 5.96. The predicted molar refractivity (Wildman–Crippen MR) is 222 cm³/mol. The zero-order valence-electron chi connectivity index (χ0n) is 34.5. The zero-order valence-corrected chi connectivity index (χ0v) is 34.5. The van der Waals surface area contributed by atoms with Gasteiger partial charge in [0.15, 0.2) is 0 Å². The molecular formula is C45H58N6O6. The van der Waals surface area contributed by atoms with Crippen LogP contribution in [0.2, 0.25) is 0 Å². The van der Waals surface area contributed by atoms with E-state index < -0.39 is 5.60 Å². The molecule has 0 saturated carbocycles. The summed E-state index contributed by atoms with van der Waals surface area (Å²) in [6, 6.07) is 22.6. The normalized spacial score (nSPS) is 18.0. The van der Waals surface area contributed by atoms with Crippen LogP contribution in [-0.4, -0.2) is 95.1 Å². The van der Waals surface area contributed by atoms with Gasteiger partial charge in [0.25, 0.3) is 0 Å². The number of likely N-dealkylation sites (tertiary alicyclic amines) is 1. The lowest BCUT2D eigenvalue weighted by molar-refractivity contribution is -0.00144. The van der Waals surface area contributed by atoms with Crippen LogP contribution in [-0.2, 0) is 29.0 Å². The first-order valence-electron chi connectivity index (χ1n) is 20.5. The molecule has 304 valence electrons. The Kier molecular flexibility index (Phi) is 12.0. The Morgan fingerprint density at radius 2 is 1.63 bits per heavy atom. The summed E-state index contributed by atoms with van der Waals surface area (Å²) in [5, 5.41) is 2.30. The van der Waals surface area contributed by atoms with E-state index in [2.05, 4.69) is 67.0 Å². The molecule has 0 aliphatic carbocycles. The fraction of sp³-hybridized carbons (Fsp3) is 0.511. The number of hydrogen-bond donors (Lipinski definition) is 0. The maximum absolute atomic E-state index is 13.5. The Bertz CT molecular complexity index is 2030. The molecule has 4 heterocycles. The van der Waals surface area contributed by atoms with Gasteiger partial charge in [0.05, 0.1) is 24.9 Å².